The third kappa shape index (κ3) is 3.30. The van der Waals surface area contributed by atoms with E-state index >= 15 is 0 Å². The predicted molar refractivity (Wildman–Crippen MR) is 89.1 cm³/mol. The third-order valence-electron chi connectivity index (χ3n) is 2.76. The molecule has 2 rings (SSSR count). The number of nitrogens with zero attached hydrogens (tertiary/aromatic N) is 4. The van der Waals surface area contributed by atoms with Gasteiger partial charge in [-0.25, -0.2) is 4.68 Å². The van der Waals surface area contributed by atoms with Crippen LogP contribution in [0.3, 0.4) is 0 Å². The van der Waals surface area contributed by atoms with Crippen LogP contribution < -0.4 is 4.90 Å². The van der Waals surface area contributed by atoms with Gasteiger partial charge in [0.15, 0.2) is 5.15 Å². The molecule has 8 heteroatoms. The van der Waals surface area contributed by atoms with E-state index in [0.29, 0.717) is 11.4 Å². The average Bonchev–Trinajstić information content (AvgIpc) is 2.93. The zero-order valence-corrected chi connectivity index (χ0v) is 13.1. The highest BCUT2D eigenvalue weighted by Crippen LogP contribution is 2.26. The molecule has 0 radical (unpaired) electrons. The summed E-state index contributed by atoms with van der Waals surface area (Å²) in [5.74, 6) is 1.83. The van der Waals surface area contributed by atoms with Crippen molar-refractivity contribution in [3.8, 4) is 18.0 Å². The van der Waals surface area contributed by atoms with Crippen molar-refractivity contribution in [2.45, 2.75) is 0 Å². The van der Waals surface area contributed by atoms with Crippen LogP contribution in [0.2, 0.25) is 5.15 Å². The number of halogens is 1. The largest absolute Gasteiger partial charge is 0.299 e. The van der Waals surface area contributed by atoms with Crippen molar-refractivity contribution in [1.82, 2.24) is 14.8 Å². The lowest BCUT2D eigenvalue weighted by molar-refractivity contribution is -0.112. The molecule has 2 aromatic heterocycles. The molecule has 6 nitrogen and oxygen atoms in total. The minimum absolute atomic E-state index is 0.00820. The second-order valence-corrected chi connectivity index (χ2v) is 4.87. The van der Waals surface area contributed by atoms with Crippen LogP contribution in [0.15, 0.2) is 30.7 Å². The Hall–Kier alpha value is -2.30. The fourth-order valence-electron chi connectivity index (χ4n) is 1.73. The van der Waals surface area contributed by atoms with Gasteiger partial charge in [0.1, 0.15) is 11.4 Å². The smallest absolute Gasteiger partial charge is 0.273 e. The molecule has 2 heterocycles. The fourth-order valence-corrected chi connectivity index (χ4v) is 2.10. The summed E-state index contributed by atoms with van der Waals surface area (Å²) in [4.78, 5) is 17.4. The van der Waals surface area contributed by atoms with Gasteiger partial charge in [-0.1, -0.05) is 17.5 Å². The normalized spacial score (nSPS) is 10.0. The number of amides is 1. The maximum atomic E-state index is 12.2. The number of pyridine rings is 1. The number of terminal acetylenes is 1. The molecule has 0 atom stereocenters. The Morgan fingerprint density at radius 2 is 2.36 bits per heavy atom. The summed E-state index contributed by atoms with van der Waals surface area (Å²) in [6.07, 6.45) is 10.1. The number of hydrogen-bond donors (Lipinski definition) is 2. The first-order valence-corrected chi connectivity index (χ1v) is 7.18. The van der Waals surface area contributed by atoms with Gasteiger partial charge in [-0.3, -0.25) is 20.1 Å². The van der Waals surface area contributed by atoms with E-state index in [-0.39, 0.29) is 23.2 Å². The van der Waals surface area contributed by atoms with Gasteiger partial charge in [0.05, 0.1) is 24.6 Å². The second-order valence-electron chi connectivity index (χ2n) is 4.19. The summed E-state index contributed by atoms with van der Waals surface area (Å²) in [5, 5.41) is 11.9. The number of hydrogen-bond acceptors (Lipinski definition) is 5. The van der Waals surface area contributed by atoms with Crippen molar-refractivity contribution < 1.29 is 4.79 Å². The summed E-state index contributed by atoms with van der Waals surface area (Å²) >= 11 is 10.0. The molecular formula is C14H12ClN5OS. The van der Waals surface area contributed by atoms with Crippen LogP contribution in [0, 0.1) is 17.8 Å². The summed E-state index contributed by atoms with van der Waals surface area (Å²) in [7, 11) is 0. The number of thiol groups is 1. The summed E-state index contributed by atoms with van der Waals surface area (Å²) in [6.45, 7) is -0.0204. The van der Waals surface area contributed by atoms with E-state index in [1.165, 1.54) is 9.58 Å². The van der Waals surface area contributed by atoms with Gasteiger partial charge in [0, 0.05) is 11.9 Å². The average molecular weight is 334 g/mol. The van der Waals surface area contributed by atoms with E-state index < -0.39 is 5.91 Å². The van der Waals surface area contributed by atoms with Crippen LogP contribution in [0.4, 0.5) is 5.69 Å². The van der Waals surface area contributed by atoms with Crippen LogP contribution in [0.5, 0.6) is 0 Å². The maximum absolute atomic E-state index is 12.2. The highest BCUT2D eigenvalue weighted by Gasteiger charge is 2.23. The molecule has 0 aliphatic rings. The van der Waals surface area contributed by atoms with Crippen LogP contribution in [-0.2, 0) is 4.79 Å². The van der Waals surface area contributed by atoms with Gasteiger partial charge < -0.3 is 0 Å². The van der Waals surface area contributed by atoms with Crippen molar-refractivity contribution in [2.75, 3.05) is 17.2 Å². The van der Waals surface area contributed by atoms with Crippen molar-refractivity contribution in [3.05, 3.63) is 35.9 Å². The number of aromatic nitrogens is 3. The molecule has 0 aromatic carbocycles. The van der Waals surface area contributed by atoms with E-state index in [2.05, 4.69) is 28.6 Å². The summed E-state index contributed by atoms with van der Waals surface area (Å²) in [6, 6.07) is 3.55. The highest BCUT2D eigenvalue weighted by atomic mass is 35.5. The standard InChI is InChI=1S/C14H12ClN5OS/c1-2-6-19(14(21)11(16)9-22)12-8-20(18-13(12)15)10-4-3-5-17-7-10/h1,3-5,7-8,16,22H,6,9H2. The molecule has 1 amide bonds. The van der Waals surface area contributed by atoms with Gasteiger partial charge in [0.2, 0.25) is 0 Å². The lowest BCUT2D eigenvalue weighted by Crippen LogP contribution is -2.37. The number of anilines is 1. The van der Waals surface area contributed by atoms with E-state index in [4.69, 9.17) is 23.4 Å². The maximum Gasteiger partial charge on any atom is 0.273 e. The van der Waals surface area contributed by atoms with E-state index in [0.717, 1.165) is 0 Å². The first-order chi connectivity index (χ1) is 10.6. The quantitative estimate of drug-likeness (QED) is 0.498. The molecule has 0 aliphatic heterocycles. The van der Waals surface area contributed by atoms with Crippen molar-refractivity contribution in [2.24, 2.45) is 0 Å². The van der Waals surface area contributed by atoms with Gasteiger partial charge in [-0.2, -0.15) is 17.7 Å². The van der Waals surface area contributed by atoms with Gasteiger partial charge in [-0.15, -0.1) is 6.42 Å². The first-order valence-electron chi connectivity index (χ1n) is 6.17. The van der Waals surface area contributed by atoms with E-state index in [9.17, 15) is 4.79 Å². The molecule has 0 aliphatic carbocycles. The molecule has 1 N–H and O–H groups in total. The molecule has 0 unspecified atom stereocenters. The Balaban J connectivity index is 2.41. The van der Waals surface area contributed by atoms with Gasteiger partial charge in [-0.05, 0) is 12.1 Å². The fraction of sp³-hybridized carbons (Fsp3) is 0.143. The summed E-state index contributed by atoms with van der Waals surface area (Å²) < 4.78 is 1.49. The number of nitrogens with one attached hydrogen (secondary N) is 1. The second kappa shape index (κ2) is 7.11. The van der Waals surface area contributed by atoms with Crippen LogP contribution in [0.25, 0.3) is 5.69 Å². The molecule has 22 heavy (non-hydrogen) atoms. The van der Waals surface area contributed by atoms with Gasteiger partial charge in [0.25, 0.3) is 5.91 Å². The van der Waals surface area contributed by atoms with Crippen LogP contribution in [0.1, 0.15) is 0 Å². The number of rotatable bonds is 5. The Morgan fingerprint density at radius 3 is 2.95 bits per heavy atom. The molecular weight excluding hydrogens is 322 g/mol. The van der Waals surface area contributed by atoms with Crippen molar-refractivity contribution in [3.63, 3.8) is 0 Å². The zero-order chi connectivity index (χ0) is 16.1. The number of carbonyl (C=O) groups excluding carboxylic acids is 1. The molecule has 0 fully saturated rings. The Morgan fingerprint density at radius 1 is 1.59 bits per heavy atom. The van der Waals surface area contributed by atoms with E-state index in [1.807, 2.05) is 0 Å². The number of carbonyl (C=O) groups is 1. The van der Waals surface area contributed by atoms with Crippen LogP contribution >= 0.6 is 24.2 Å². The molecule has 112 valence electrons. The van der Waals surface area contributed by atoms with E-state index in [1.54, 1.807) is 30.7 Å². The monoisotopic (exact) mass is 333 g/mol. The predicted octanol–water partition coefficient (Wildman–Crippen LogP) is 1.84. The molecule has 2 aromatic rings. The molecule has 0 bridgehead atoms. The highest BCUT2D eigenvalue weighted by molar-refractivity contribution is 7.81. The lowest BCUT2D eigenvalue weighted by atomic mass is 10.3. The molecule has 0 spiro atoms. The topological polar surface area (TPSA) is 74.9 Å². The van der Waals surface area contributed by atoms with Crippen molar-refractivity contribution >= 4 is 41.5 Å². The zero-order valence-electron chi connectivity index (χ0n) is 11.4. The molecule has 0 saturated heterocycles. The SMILES string of the molecule is C#CCN(C(=O)C(=N)CS)c1cn(-c2cccnc2)nc1Cl. The Labute approximate surface area is 138 Å². The minimum atomic E-state index is -0.555. The van der Waals surface area contributed by atoms with Crippen LogP contribution in [-0.4, -0.2) is 38.7 Å². The Bertz CT molecular complexity index is 737. The summed E-state index contributed by atoms with van der Waals surface area (Å²) in [5.41, 5.74) is 0.844. The lowest BCUT2D eigenvalue weighted by Gasteiger charge is -2.18. The minimum Gasteiger partial charge on any atom is -0.299 e. The Kier molecular flexibility index (Phi) is 5.20. The third-order valence-corrected chi connectivity index (χ3v) is 3.35. The molecule has 0 saturated carbocycles. The first kappa shape index (κ1) is 16.1. The van der Waals surface area contributed by atoms with Gasteiger partial charge >= 0.3 is 0 Å². The van der Waals surface area contributed by atoms with Crippen molar-refractivity contribution in [1.29, 1.82) is 5.41 Å².